The molecule has 1 aliphatic rings. The first-order valence-corrected chi connectivity index (χ1v) is 7.64. The summed E-state index contributed by atoms with van der Waals surface area (Å²) in [6, 6.07) is 3.48. The third kappa shape index (κ3) is 3.79. The third-order valence-corrected chi connectivity index (χ3v) is 3.67. The van der Waals surface area contributed by atoms with Crippen LogP contribution in [-0.2, 0) is 4.74 Å². The Morgan fingerprint density at radius 2 is 1.92 bits per heavy atom. The average Bonchev–Trinajstić information content (AvgIpc) is 2.41. The van der Waals surface area contributed by atoms with E-state index in [0.29, 0.717) is 11.3 Å². The molecule has 2 atom stereocenters. The number of carbonyl (C=O) groups excluding carboxylic acids is 1. The molecule has 0 unspecified atom stereocenters. The highest BCUT2D eigenvalue weighted by atomic mass is 16.6. The van der Waals surface area contributed by atoms with Crippen molar-refractivity contribution < 1.29 is 29.3 Å². The number of aromatic carboxylic acids is 1. The average molecular weight is 337 g/mol. The molecule has 0 aliphatic carbocycles. The van der Waals surface area contributed by atoms with Gasteiger partial charge in [-0.3, -0.25) is 0 Å². The highest BCUT2D eigenvalue weighted by Crippen LogP contribution is 2.40. The number of carbonyl (C=O) groups is 2. The van der Waals surface area contributed by atoms with E-state index < -0.39 is 35.4 Å². The molecule has 0 saturated carbocycles. The molecule has 0 spiro atoms. The number of alkyl carbamates (subject to hydrolysis) is 1. The van der Waals surface area contributed by atoms with Crippen LogP contribution in [-0.4, -0.2) is 39.6 Å². The normalized spacial score (nSPS) is 22.1. The summed E-state index contributed by atoms with van der Waals surface area (Å²) in [7, 11) is 0. The van der Waals surface area contributed by atoms with Gasteiger partial charge in [0.05, 0.1) is 11.6 Å². The summed E-state index contributed by atoms with van der Waals surface area (Å²) in [6.07, 6.45) is -1.78. The van der Waals surface area contributed by atoms with E-state index in [9.17, 15) is 14.7 Å². The molecular formula is C17H23NO6. The Morgan fingerprint density at radius 3 is 2.46 bits per heavy atom. The molecule has 0 aromatic heterocycles. The van der Waals surface area contributed by atoms with Gasteiger partial charge in [0.1, 0.15) is 23.1 Å². The van der Waals surface area contributed by atoms with Crippen molar-refractivity contribution in [2.45, 2.75) is 58.0 Å². The van der Waals surface area contributed by atoms with E-state index in [1.165, 1.54) is 18.2 Å². The molecule has 1 aromatic rings. The smallest absolute Gasteiger partial charge is 0.408 e. The lowest BCUT2D eigenvalue weighted by atomic mass is 9.86. The SMILES string of the molecule is CC(C)(C)OC(=O)N[C@@H]1c2cc(C(=O)O)ccc2OC(C)(C)[C@H]1O. The Morgan fingerprint density at radius 1 is 1.29 bits per heavy atom. The van der Waals surface area contributed by atoms with Gasteiger partial charge in [0, 0.05) is 5.56 Å². The van der Waals surface area contributed by atoms with E-state index in [2.05, 4.69) is 5.32 Å². The zero-order chi connectivity index (χ0) is 18.3. The molecule has 132 valence electrons. The lowest BCUT2D eigenvalue weighted by Crippen LogP contribution is -2.54. The minimum absolute atomic E-state index is 0.0419. The maximum Gasteiger partial charge on any atom is 0.408 e. The summed E-state index contributed by atoms with van der Waals surface area (Å²) in [5.41, 5.74) is -1.22. The van der Waals surface area contributed by atoms with Crippen LogP contribution in [0.3, 0.4) is 0 Å². The predicted molar refractivity (Wildman–Crippen MR) is 86.2 cm³/mol. The van der Waals surface area contributed by atoms with Gasteiger partial charge in [-0.15, -0.1) is 0 Å². The quantitative estimate of drug-likeness (QED) is 0.766. The van der Waals surface area contributed by atoms with Crippen LogP contribution in [0.5, 0.6) is 5.75 Å². The van der Waals surface area contributed by atoms with Gasteiger partial charge in [0.2, 0.25) is 0 Å². The molecule has 1 aromatic carbocycles. The standard InChI is InChI=1S/C17H23NO6/c1-16(2,3)24-15(22)18-12-10-8-9(14(20)21)6-7-11(10)23-17(4,5)13(12)19/h6-8,12-13,19H,1-5H3,(H,18,22)(H,20,21)/t12-,13+/m1/s1. The minimum Gasteiger partial charge on any atom is -0.485 e. The Labute approximate surface area is 140 Å². The van der Waals surface area contributed by atoms with Crippen molar-refractivity contribution in [2.75, 3.05) is 0 Å². The molecule has 0 saturated heterocycles. The number of carboxylic acids is 1. The first kappa shape index (κ1) is 18.1. The van der Waals surface area contributed by atoms with Gasteiger partial charge in [0.25, 0.3) is 0 Å². The monoisotopic (exact) mass is 337 g/mol. The van der Waals surface area contributed by atoms with Crippen molar-refractivity contribution in [3.05, 3.63) is 29.3 Å². The number of amides is 1. The molecule has 0 bridgehead atoms. The van der Waals surface area contributed by atoms with E-state index in [-0.39, 0.29) is 5.56 Å². The van der Waals surface area contributed by atoms with Crippen molar-refractivity contribution in [2.24, 2.45) is 0 Å². The number of fused-ring (bicyclic) bond motifs is 1. The maximum absolute atomic E-state index is 12.1. The van der Waals surface area contributed by atoms with Gasteiger partial charge in [-0.1, -0.05) is 0 Å². The van der Waals surface area contributed by atoms with E-state index in [0.717, 1.165) is 0 Å². The first-order chi connectivity index (χ1) is 10.9. The van der Waals surface area contributed by atoms with Crippen LogP contribution in [0.15, 0.2) is 18.2 Å². The van der Waals surface area contributed by atoms with E-state index in [4.69, 9.17) is 14.6 Å². The van der Waals surface area contributed by atoms with Crippen molar-refractivity contribution in [3.63, 3.8) is 0 Å². The summed E-state index contributed by atoms with van der Waals surface area (Å²) in [6.45, 7) is 8.57. The van der Waals surface area contributed by atoms with Crippen LogP contribution in [0.1, 0.15) is 56.6 Å². The lowest BCUT2D eigenvalue weighted by molar-refractivity contribution is -0.0653. The molecular weight excluding hydrogens is 314 g/mol. The zero-order valence-electron chi connectivity index (χ0n) is 14.4. The molecule has 1 aliphatic heterocycles. The minimum atomic E-state index is -1.10. The topological polar surface area (TPSA) is 105 Å². The number of hydrogen-bond donors (Lipinski definition) is 3. The number of aliphatic hydroxyl groups is 1. The van der Waals surface area contributed by atoms with Crippen molar-refractivity contribution in [3.8, 4) is 5.75 Å². The second kappa shape index (κ2) is 5.98. The summed E-state index contributed by atoms with van der Waals surface area (Å²) >= 11 is 0. The fourth-order valence-electron chi connectivity index (χ4n) is 2.52. The van der Waals surface area contributed by atoms with E-state index in [1.807, 2.05) is 0 Å². The van der Waals surface area contributed by atoms with Crippen LogP contribution >= 0.6 is 0 Å². The predicted octanol–water partition coefficient (Wildman–Crippen LogP) is 2.48. The van der Waals surface area contributed by atoms with Crippen LogP contribution in [0, 0.1) is 0 Å². The number of carboxylic acid groups (broad SMARTS) is 1. The van der Waals surface area contributed by atoms with Gasteiger partial charge in [0.15, 0.2) is 0 Å². The highest BCUT2D eigenvalue weighted by Gasteiger charge is 2.44. The van der Waals surface area contributed by atoms with Crippen molar-refractivity contribution in [1.29, 1.82) is 0 Å². The van der Waals surface area contributed by atoms with E-state index >= 15 is 0 Å². The molecule has 3 N–H and O–H groups in total. The molecule has 1 amide bonds. The highest BCUT2D eigenvalue weighted by molar-refractivity contribution is 5.88. The number of nitrogens with one attached hydrogen (secondary N) is 1. The molecule has 0 radical (unpaired) electrons. The van der Waals surface area contributed by atoms with Crippen LogP contribution in [0.4, 0.5) is 4.79 Å². The van der Waals surface area contributed by atoms with Crippen LogP contribution < -0.4 is 10.1 Å². The first-order valence-electron chi connectivity index (χ1n) is 7.64. The number of benzene rings is 1. The number of rotatable bonds is 2. The fourth-order valence-corrected chi connectivity index (χ4v) is 2.52. The van der Waals surface area contributed by atoms with Gasteiger partial charge in [-0.05, 0) is 52.8 Å². The van der Waals surface area contributed by atoms with Crippen LogP contribution in [0.2, 0.25) is 0 Å². The Balaban J connectivity index is 2.39. The number of hydrogen-bond acceptors (Lipinski definition) is 5. The lowest BCUT2D eigenvalue weighted by Gasteiger charge is -2.42. The van der Waals surface area contributed by atoms with Crippen molar-refractivity contribution >= 4 is 12.1 Å². The summed E-state index contributed by atoms with van der Waals surface area (Å²) in [5, 5.41) is 22.4. The number of ether oxygens (including phenoxy) is 2. The molecule has 1 heterocycles. The van der Waals surface area contributed by atoms with Gasteiger partial charge in [-0.25, -0.2) is 9.59 Å². The maximum atomic E-state index is 12.1. The molecule has 24 heavy (non-hydrogen) atoms. The molecule has 7 heteroatoms. The Bertz CT molecular complexity index is 662. The Hall–Kier alpha value is -2.28. The van der Waals surface area contributed by atoms with Gasteiger partial charge in [-0.2, -0.15) is 0 Å². The summed E-state index contributed by atoms with van der Waals surface area (Å²) < 4.78 is 11.0. The largest absolute Gasteiger partial charge is 0.485 e. The Kier molecular flexibility index (Phi) is 4.50. The molecule has 7 nitrogen and oxygen atoms in total. The van der Waals surface area contributed by atoms with E-state index in [1.54, 1.807) is 34.6 Å². The second-order valence-electron chi connectivity index (χ2n) is 7.33. The van der Waals surface area contributed by atoms with Gasteiger partial charge < -0.3 is 25.0 Å². The molecule has 2 rings (SSSR count). The summed E-state index contributed by atoms with van der Waals surface area (Å²) in [5.74, 6) is -0.690. The number of aliphatic hydroxyl groups excluding tert-OH is 1. The van der Waals surface area contributed by atoms with Gasteiger partial charge >= 0.3 is 12.1 Å². The van der Waals surface area contributed by atoms with Crippen molar-refractivity contribution in [1.82, 2.24) is 5.32 Å². The second-order valence-corrected chi connectivity index (χ2v) is 7.33. The third-order valence-electron chi connectivity index (χ3n) is 3.67. The zero-order valence-corrected chi connectivity index (χ0v) is 14.4. The summed E-state index contributed by atoms with van der Waals surface area (Å²) in [4.78, 5) is 23.3. The fraction of sp³-hybridized carbons (Fsp3) is 0.529. The van der Waals surface area contributed by atoms with Crippen LogP contribution in [0.25, 0.3) is 0 Å². The molecule has 0 fully saturated rings.